The molecule has 1 aromatic rings. The molecule has 0 bridgehead atoms. The largest absolute Gasteiger partial charge is 0.444 e. The van der Waals surface area contributed by atoms with Gasteiger partial charge in [0.15, 0.2) is 0 Å². The Morgan fingerprint density at radius 1 is 1.47 bits per heavy atom. The standard InChI is InChI=1S/C15H22N2O2/c1-15(2,3)19-14(18)17-9-10-4-6-12-11(8-10)5-7-13(12)16/h4,6,8,13H,5,7,9,16H2,1-3H3,(H,17,18). The lowest BCUT2D eigenvalue weighted by molar-refractivity contribution is 0.0523. The van der Waals surface area contributed by atoms with Crippen molar-refractivity contribution in [2.45, 2.75) is 51.8 Å². The number of rotatable bonds is 2. The van der Waals surface area contributed by atoms with Crippen LogP contribution in [0.3, 0.4) is 0 Å². The van der Waals surface area contributed by atoms with Crippen LogP contribution in [0.15, 0.2) is 18.2 Å². The lowest BCUT2D eigenvalue weighted by Gasteiger charge is -2.19. The Balaban J connectivity index is 1.92. The number of alkyl carbamates (subject to hydrolysis) is 1. The summed E-state index contributed by atoms with van der Waals surface area (Å²) in [6.07, 6.45) is 1.65. The Labute approximate surface area is 114 Å². The van der Waals surface area contributed by atoms with Gasteiger partial charge in [0, 0.05) is 12.6 Å². The Morgan fingerprint density at radius 3 is 2.89 bits per heavy atom. The molecule has 4 heteroatoms. The van der Waals surface area contributed by atoms with E-state index >= 15 is 0 Å². The van der Waals surface area contributed by atoms with Crippen molar-refractivity contribution < 1.29 is 9.53 Å². The average molecular weight is 262 g/mol. The molecule has 0 spiro atoms. The monoisotopic (exact) mass is 262 g/mol. The van der Waals surface area contributed by atoms with Gasteiger partial charge in [0.1, 0.15) is 5.60 Å². The maximum atomic E-state index is 11.6. The molecule has 3 N–H and O–H groups in total. The highest BCUT2D eigenvalue weighted by atomic mass is 16.6. The minimum Gasteiger partial charge on any atom is -0.444 e. The number of carbonyl (C=O) groups excluding carboxylic acids is 1. The molecule has 0 aliphatic heterocycles. The molecule has 0 radical (unpaired) electrons. The number of nitrogens with one attached hydrogen (secondary N) is 1. The van der Waals surface area contributed by atoms with Crippen LogP contribution in [0.25, 0.3) is 0 Å². The fourth-order valence-electron chi connectivity index (χ4n) is 2.30. The summed E-state index contributed by atoms with van der Waals surface area (Å²) in [5.74, 6) is 0. The molecular weight excluding hydrogens is 240 g/mol. The number of aryl methyl sites for hydroxylation is 1. The van der Waals surface area contributed by atoms with Gasteiger partial charge in [-0.25, -0.2) is 4.79 Å². The summed E-state index contributed by atoms with van der Waals surface area (Å²) in [4.78, 5) is 11.6. The number of benzene rings is 1. The summed E-state index contributed by atoms with van der Waals surface area (Å²) < 4.78 is 5.20. The first-order valence-electron chi connectivity index (χ1n) is 6.69. The summed E-state index contributed by atoms with van der Waals surface area (Å²) in [7, 11) is 0. The van der Waals surface area contributed by atoms with E-state index in [2.05, 4.69) is 17.4 Å². The van der Waals surface area contributed by atoms with Gasteiger partial charge in [0.25, 0.3) is 0 Å². The van der Waals surface area contributed by atoms with Gasteiger partial charge in [-0.3, -0.25) is 0 Å². The van der Waals surface area contributed by atoms with Crippen LogP contribution in [0.5, 0.6) is 0 Å². The van der Waals surface area contributed by atoms with Crippen LogP contribution in [0.2, 0.25) is 0 Å². The Hall–Kier alpha value is -1.55. The smallest absolute Gasteiger partial charge is 0.407 e. The highest BCUT2D eigenvalue weighted by Crippen LogP contribution is 2.29. The second kappa shape index (κ2) is 5.21. The first-order valence-corrected chi connectivity index (χ1v) is 6.69. The van der Waals surface area contributed by atoms with Crippen LogP contribution >= 0.6 is 0 Å². The third kappa shape index (κ3) is 3.70. The molecule has 1 atom stereocenters. The van der Waals surface area contributed by atoms with Crippen molar-refractivity contribution in [3.8, 4) is 0 Å². The van der Waals surface area contributed by atoms with Crippen LogP contribution in [0.4, 0.5) is 4.79 Å². The lowest BCUT2D eigenvalue weighted by Crippen LogP contribution is -2.32. The minimum atomic E-state index is -0.464. The molecular formula is C15H22N2O2. The van der Waals surface area contributed by atoms with Crippen molar-refractivity contribution in [3.05, 3.63) is 34.9 Å². The highest BCUT2D eigenvalue weighted by Gasteiger charge is 2.19. The van der Waals surface area contributed by atoms with E-state index < -0.39 is 5.60 Å². The van der Waals surface area contributed by atoms with E-state index in [0.29, 0.717) is 6.54 Å². The number of amides is 1. The zero-order valence-corrected chi connectivity index (χ0v) is 11.8. The average Bonchev–Trinajstić information content (AvgIpc) is 2.66. The molecule has 2 rings (SSSR count). The number of nitrogens with two attached hydrogens (primary N) is 1. The fourth-order valence-corrected chi connectivity index (χ4v) is 2.30. The molecule has 1 aromatic carbocycles. The van der Waals surface area contributed by atoms with Gasteiger partial charge in [0.05, 0.1) is 0 Å². The zero-order valence-electron chi connectivity index (χ0n) is 11.8. The summed E-state index contributed by atoms with van der Waals surface area (Å²) in [5.41, 5.74) is 9.16. The molecule has 0 aromatic heterocycles. The van der Waals surface area contributed by atoms with E-state index in [9.17, 15) is 4.79 Å². The molecule has 19 heavy (non-hydrogen) atoms. The minimum absolute atomic E-state index is 0.169. The van der Waals surface area contributed by atoms with Crippen LogP contribution in [-0.2, 0) is 17.7 Å². The van der Waals surface area contributed by atoms with Crippen molar-refractivity contribution in [3.63, 3.8) is 0 Å². The molecule has 0 saturated carbocycles. The fraction of sp³-hybridized carbons (Fsp3) is 0.533. The number of hydrogen-bond acceptors (Lipinski definition) is 3. The van der Waals surface area contributed by atoms with E-state index in [1.54, 1.807) is 0 Å². The molecule has 4 nitrogen and oxygen atoms in total. The van der Waals surface area contributed by atoms with Gasteiger partial charge in [-0.15, -0.1) is 0 Å². The summed E-state index contributed by atoms with van der Waals surface area (Å²) in [5, 5.41) is 2.77. The normalized spacial score (nSPS) is 18.0. The van der Waals surface area contributed by atoms with E-state index in [-0.39, 0.29) is 12.1 Å². The summed E-state index contributed by atoms with van der Waals surface area (Å²) in [6.45, 7) is 6.04. The quantitative estimate of drug-likeness (QED) is 0.861. The first kappa shape index (κ1) is 13.9. The van der Waals surface area contributed by atoms with Crippen LogP contribution < -0.4 is 11.1 Å². The highest BCUT2D eigenvalue weighted by molar-refractivity contribution is 5.67. The summed E-state index contributed by atoms with van der Waals surface area (Å²) >= 11 is 0. The predicted molar refractivity (Wildman–Crippen MR) is 74.8 cm³/mol. The molecule has 0 fully saturated rings. The van der Waals surface area contributed by atoms with E-state index in [1.807, 2.05) is 26.8 Å². The Kier molecular flexibility index (Phi) is 3.80. The van der Waals surface area contributed by atoms with Gasteiger partial charge in [-0.2, -0.15) is 0 Å². The Morgan fingerprint density at radius 2 is 2.21 bits per heavy atom. The number of carbonyl (C=O) groups is 1. The molecule has 104 valence electrons. The first-order chi connectivity index (χ1) is 8.85. The molecule has 1 aliphatic rings. The van der Waals surface area contributed by atoms with Gasteiger partial charge in [-0.05, 0) is 50.3 Å². The maximum Gasteiger partial charge on any atom is 0.407 e. The van der Waals surface area contributed by atoms with Crippen molar-refractivity contribution in [1.82, 2.24) is 5.32 Å². The lowest BCUT2D eigenvalue weighted by atomic mass is 10.1. The number of hydrogen-bond donors (Lipinski definition) is 2. The van der Waals surface area contributed by atoms with Gasteiger partial charge in [-0.1, -0.05) is 18.2 Å². The van der Waals surface area contributed by atoms with Crippen LogP contribution in [-0.4, -0.2) is 11.7 Å². The molecule has 1 unspecified atom stereocenters. The van der Waals surface area contributed by atoms with Crippen molar-refractivity contribution in [1.29, 1.82) is 0 Å². The van der Waals surface area contributed by atoms with E-state index in [4.69, 9.17) is 10.5 Å². The Bertz CT molecular complexity index is 478. The second-order valence-electron chi connectivity index (χ2n) is 6.03. The third-order valence-electron chi connectivity index (χ3n) is 3.17. The van der Waals surface area contributed by atoms with E-state index in [1.165, 1.54) is 11.1 Å². The predicted octanol–water partition coefficient (Wildman–Crippen LogP) is 2.66. The maximum absolute atomic E-state index is 11.6. The molecule has 0 saturated heterocycles. The van der Waals surface area contributed by atoms with Gasteiger partial charge in [0.2, 0.25) is 0 Å². The van der Waals surface area contributed by atoms with Crippen molar-refractivity contribution in [2.75, 3.05) is 0 Å². The van der Waals surface area contributed by atoms with Crippen LogP contribution in [0.1, 0.15) is 49.9 Å². The molecule has 1 aliphatic carbocycles. The molecule has 1 amide bonds. The van der Waals surface area contributed by atoms with E-state index in [0.717, 1.165) is 18.4 Å². The van der Waals surface area contributed by atoms with Gasteiger partial charge >= 0.3 is 6.09 Å². The zero-order chi connectivity index (χ0) is 14.0. The molecule has 0 heterocycles. The van der Waals surface area contributed by atoms with Crippen molar-refractivity contribution in [2.24, 2.45) is 5.73 Å². The number of fused-ring (bicyclic) bond motifs is 1. The topological polar surface area (TPSA) is 64.3 Å². The van der Waals surface area contributed by atoms with Gasteiger partial charge < -0.3 is 15.8 Å². The summed E-state index contributed by atoms with van der Waals surface area (Å²) in [6, 6.07) is 6.38. The van der Waals surface area contributed by atoms with Crippen molar-refractivity contribution >= 4 is 6.09 Å². The SMILES string of the molecule is CC(C)(C)OC(=O)NCc1ccc2c(c1)CCC2N. The second-order valence-corrected chi connectivity index (χ2v) is 6.03. The third-order valence-corrected chi connectivity index (χ3v) is 3.17. The van der Waals surface area contributed by atoms with Crippen LogP contribution in [0, 0.1) is 0 Å². The number of ether oxygens (including phenoxy) is 1.